The molecule has 0 radical (unpaired) electrons. The number of alkyl halides is 3. The molecule has 1 saturated heterocycles. The standard InChI is InChI=1S/C14H22F3NOSi2/c1-20(2)10-18(11-21(3,4)19-20)9-12-6-5-7-13(8-12)14(15,16)17/h5-8H,9-11H2,1-4H3. The molecule has 0 aromatic heterocycles. The number of hydrogen-bond acceptors (Lipinski definition) is 2. The van der Waals surface area contributed by atoms with Crippen LogP contribution in [0.25, 0.3) is 0 Å². The van der Waals surface area contributed by atoms with E-state index in [4.69, 9.17) is 4.12 Å². The zero-order valence-corrected chi connectivity index (χ0v) is 14.9. The quantitative estimate of drug-likeness (QED) is 0.758. The normalized spacial score (nSPS) is 22.2. The molecule has 21 heavy (non-hydrogen) atoms. The Morgan fingerprint density at radius 1 is 1.10 bits per heavy atom. The van der Waals surface area contributed by atoms with Gasteiger partial charge in [0.1, 0.15) is 0 Å². The topological polar surface area (TPSA) is 12.5 Å². The number of nitrogens with zero attached hydrogens (tertiary/aromatic N) is 1. The van der Waals surface area contributed by atoms with Crippen molar-refractivity contribution in [1.29, 1.82) is 0 Å². The van der Waals surface area contributed by atoms with Crippen LogP contribution in [0.4, 0.5) is 13.2 Å². The molecule has 0 aliphatic carbocycles. The average Bonchev–Trinajstić information content (AvgIpc) is 2.23. The summed E-state index contributed by atoms with van der Waals surface area (Å²) in [6.07, 6.45) is -2.53. The third-order valence-electron chi connectivity index (χ3n) is 3.42. The predicted molar refractivity (Wildman–Crippen MR) is 82.8 cm³/mol. The zero-order chi connectivity index (χ0) is 15.9. The molecule has 0 N–H and O–H groups in total. The van der Waals surface area contributed by atoms with Crippen LogP contribution in [0.1, 0.15) is 11.1 Å². The molecule has 2 nitrogen and oxygen atoms in total. The summed E-state index contributed by atoms with van der Waals surface area (Å²) in [6, 6.07) is 5.65. The van der Waals surface area contributed by atoms with Gasteiger partial charge < -0.3 is 4.12 Å². The third-order valence-corrected chi connectivity index (χ3v) is 10.3. The monoisotopic (exact) mass is 333 g/mol. The zero-order valence-electron chi connectivity index (χ0n) is 12.9. The van der Waals surface area contributed by atoms with Gasteiger partial charge in [0.2, 0.25) is 0 Å². The molecule has 1 aromatic rings. The summed E-state index contributed by atoms with van der Waals surface area (Å²) in [5.74, 6) is 0. The van der Waals surface area contributed by atoms with E-state index in [1.165, 1.54) is 12.1 Å². The van der Waals surface area contributed by atoms with Crippen LogP contribution in [0.2, 0.25) is 26.2 Å². The third kappa shape index (κ3) is 4.67. The van der Waals surface area contributed by atoms with Crippen molar-refractivity contribution in [3.05, 3.63) is 35.4 Å². The van der Waals surface area contributed by atoms with E-state index in [2.05, 4.69) is 31.1 Å². The Hall–Kier alpha value is -0.636. The highest BCUT2D eigenvalue weighted by Crippen LogP contribution is 2.30. The van der Waals surface area contributed by atoms with E-state index in [-0.39, 0.29) is 0 Å². The summed E-state index contributed by atoms with van der Waals surface area (Å²) in [5, 5.41) is 0. The van der Waals surface area contributed by atoms with Gasteiger partial charge in [0, 0.05) is 18.9 Å². The first kappa shape index (κ1) is 16.7. The first-order valence-electron chi connectivity index (χ1n) is 7.06. The maximum absolute atomic E-state index is 12.8. The Morgan fingerprint density at radius 2 is 1.67 bits per heavy atom. The fraction of sp³-hybridized carbons (Fsp3) is 0.571. The minimum absolute atomic E-state index is 0.568. The van der Waals surface area contributed by atoms with Crippen molar-refractivity contribution < 1.29 is 17.3 Å². The lowest BCUT2D eigenvalue weighted by molar-refractivity contribution is -0.137. The number of rotatable bonds is 2. The first-order chi connectivity index (χ1) is 9.47. The van der Waals surface area contributed by atoms with E-state index < -0.39 is 28.4 Å². The second-order valence-corrected chi connectivity index (χ2v) is 15.5. The minimum atomic E-state index is -4.27. The summed E-state index contributed by atoms with van der Waals surface area (Å²) in [5.41, 5.74) is 0.155. The van der Waals surface area contributed by atoms with Crippen molar-refractivity contribution in [1.82, 2.24) is 4.90 Å². The Kier molecular flexibility index (Phi) is 4.41. The van der Waals surface area contributed by atoms with Gasteiger partial charge in [-0.15, -0.1) is 0 Å². The highest BCUT2D eigenvalue weighted by Gasteiger charge is 2.41. The number of hydrogen-bond donors (Lipinski definition) is 0. The first-order valence-corrected chi connectivity index (χ1v) is 13.3. The van der Waals surface area contributed by atoms with Crippen LogP contribution in [0.15, 0.2) is 24.3 Å². The van der Waals surface area contributed by atoms with Gasteiger partial charge in [-0.1, -0.05) is 18.2 Å². The molecule has 1 fully saturated rings. The Bertz CT molecular complexity index is 501. The lowest BCUT2D eigenvalue weighted by Gasteiger charge is -2.45. The molecule has 0 bridgehead atoms. The molecule has 1 aromatic carbocycles. The SMILES string of the molecule is C[Si]1(C)CN(Cc2cccc(C(F)(F)F)c2)C[Si](C)(C)O1. The van der Waals surface area contributed by atoms with Gasteiger partial charge in [-0.3, -0.25) is 4.90 Å². The fourth-order valence-electron chi connectivity index (χ4n) is 3.16. The van der Waals surface area contributed by atoms with Gasteiger partial charge in [-0.05, 0) is 37.8 Å². The van der Waals surface area contributed by atoms with Crippen molar-refractivity contribution in [2.24, 2.45) is 0 Å². The molecular formula is C14H22F3NOSi2. The van der Waals surface area contributed by atoms with Gasteiger partial charge in [0.25, 0.3) is 0 Å². The average molecular weight is 334 g/mol. The van der Waals surface area contributed by atoms with E-state index >= 15 is 0 Å². The van der Waals surface area contributed by atoms with Crippen LogP contribution >= 0.6 is 0 Å². The van der Waals surface area contributed by atoms with Crippen molar-refractivity contribution >= 4 is 16.6 Å². The van der Waals surface area contributed by atoms with Crippen molar-refractivity contribution in [3.63, 3.8) is 0 Å². The van der Waals surface area contributed by atoms with Crippen LogP contribution in [0, 0.1) is 0 Å². The summed E-state index contributed by atoms with van der Waals surface area (Å²) >= 11 is 0. The molecule has 0 unspecified atom stereocenters. The van der Waals surface area contributed by atoms with Gasteiger partial charge >= 0.3 is 6.18 Å². The van der Waals surface area contributed by atoms with Gasteiger partial charge in [0.05, 0.1) is 5.56 Å². The van der Waals surface area contributed by atoms with E-state index in [9.17, 15) is 13.2 Å². The molecule has 0 saturated carbocycles. The van der Waals surface area contributed by atoms with Crippen LogP contribution in [0.3, 0.4) is 0 Å². The van der Waals surface area contributed by atoms with E-state index in [0.717, 1.165) is 24.0 Å². The number of benzene rings is 1. The molecule has 1 heterocycles. The molecule has 0 amide bonds. The molecule has 2 rings (SSSR count). The van der Waals surface area contributed by atoms with E-state index in [1.54, 1.807) is 6.07 Å². The summed E-state index contributed by atoms with van der Waals surface area (Å²) in [6.45, 7) is 9.29. The largest absolute Gasteiger partial charge is 0.454 e. The second-order valence-electron chi connectivity index (χ2n) is 6.96. The predicted octanol–water partition coefficient (Wildman–Crippen LogP) is 4.03. The smallest absolute Gasteiger partial charge is 0.416 e. The van der Waals surface area contributed by atoms with Crippen LogP contribution in [-0.4, -0.2) is 33.9 Å². The molecule has 0 atom stereocenters. The molecule has 1 aliphatic rings. The van der Waals surface area contributed by atoms with Gasteiger partial charge in [0.15, 0.2) is 16.6 Å². The Labute approximate surface area is 126 Å². The molecule has 1 aliphatic heterocycles. The summed E-state index contributed by atoms with van der Waals surface area (Å²) < 4.78 is 44.6. The van der Waals surface area contributed by atoms with Crippen molar-refractivity contribution in [2.45, 2.75) is 38.9 Å². The highest BCUT2D eigenvalue weighted by molar-refractivity contribution is 6.86. The van der Waals surface area contributed by atoms with E-state index in [1.807, 2.05) is 0 Å². The molecule has 118 valence electrons. The van der Waals surface area contributed by atoms with E-state index in [0.29, 0.717) is 6.54 Å². The van der Waals surface area contributed by atoms with Crippen LogP contribution in [0.5, 0.6) is 0 Å². The van der Waals surface area contributed by atoms with Gasteiger partial charge in [-0.2, -0.15) is 13.2 Å². The summed E-state index contributed by atoms with van der Waals surface area (Å²) in [7, 11) is -3.46. The Morgan fingerprint density at radius 3 is 2.19 bits per heavy atom. The van der Waals surface area contributed by atoms with Crippen LogP contribution < -0.4 is 0 Å². The van der Waals surface area contributed by atoms with Crippen molar-refractivity contribution in [3.8, 4) is 0 Å². The van der Waals surface area contributed by atoms with Gasteiger partial charge in [-0.25, -0.2) is 0 Å². The second kappa shape index (κ2) is 5.53. The van der Waals surface area contributed by atoms with Crippen molar-refractivity contribution in [2.75, 3.05) is 12.3 Å². The summed E-state index contributed by atoms with van der Waals surface area (Å²) in [4.78, 5) is 2.28. The minimum Gasteiger partial charge on any atom is -0.454 e. The lowest BCUT2D eigenvalue weighted by Crippen LogP contribution is -2.62. The number of halogens is 3. The maximum atomic E-state index is 12.8. The van der Waals surface area contributed by atoms with Crippen LogP contribution in [-0.2, 0) is 16.8 Å². The maximum Gasteiger partial charge on any atom is 0.416 e. The molecule has 0 spiro atoms. The molecular weight excluding hydrogens is 311 g/mol. The molecule has 7 heteroatoms. The highest BCUT2D eigenvalue weighted by atomic mass is 28.4. The fourth-order valence-corrected chi connectivity index (χ4v) is 12.5. The Balaban J connectivity index is 2.15. The lowest BCUT2D eigenvalue weighted by atomic mass is 10.1.